The van der Waals surface area contributed by atoms with Gasteiger partial charge in [-0.25, -0.2) is 4.39 Å². The molecule has 4 aliphatic carbocycles. The van der Waals surface area contributed by atoms with E-state index in [-0.39, 0.29) is 56.2 Å². The number of amides is 5. The zero-order valence-electron chi connectivity index (χ0n) is 65.1. The topological polar surface area (TPSA) is 368 Å². The van der Waals surface area contributed by atoms with Gasteiger partial charge in [0.1, 0.15) is 31.5 Å². The molecule has 32 heteroatoms. The number of carbonyl (C=O) groups is 7. The summed E-state index contributed by atoms with van der Waals surface area (Å²) in [6.45, 7) is 17.2. The van der Waals surface area contributed by atoms with Crippen molar-refractivity contribution in [1.82, 2.24) is 26.6 Å². The van der Waals surface area contributed by atoms with Crippen molar-refractivity contribution in [2.24, 2.45) is 22.7 Å². The highest BCUT2D eigenvalue weighted by molar-refractivity contribution is 9.09. The zero-order valence-corrected chi connectivity index (χ0v) is 66.7. The van der Waals surface area contributed by atoms with Gasteiger partial charge in [0.05, 0.1) is 189 Å². The third-order valence-corrected chi connectivity index (χ3v) is 21.2. The Morgan fingerprint density at radius 3 is 1.66 bits per heavy atom. The Bertz CT molecular complexity index is 3220. The Morgan fingerprint density at radius 1 is 0.613 bits per heavy atom. The predicted octanol–water partition coefficient (Wildman–Crippen LogP) is 3.97. The van der Waals surface area contributed by atoms with E-state index in [0.717, 1.165) is 16.7 Å². The van der Waals surface area contributed by atoms with Gasteiger partial charge >= 0.3 is 0 Å². The summed E-state index contributed by atoms with van der Waals surface area (Å²) in [6, 6.07) is 12.3. The number of hydrogen-bond donors (Lipinski definition) is 7. The average molecular weight is 1640 g/mol. The van der Waals surface area contributed by atoms with Crippen molar-refractivity contribution in [2.75, 3.05) is 197 Å². The molecule has 5 amide bonds. The van der Waals surface area contributed by atoms with Crippen molar-refractivity contribution in [3.63, 3.8) is 0 Å². The van der Waals surface area contributed by atoms with Gasteiger partial charge in [0.25, 0.3) is 0 Å². The van der Waals surface area contributed by atoms with Gasteiger partial charge in [0.15, 0.2) is 29.1 Å². The van der Waals surface area contributed by atoms with Gasteiger partial charge in [-0.05, 0) is 107 Å². The molecule has 30 nitrogen and oxygen atoms in total. The molecule has 2 aromatic carbocycles. The first-order chi connectivity index (χ1) is 53.7. The van der Waals surface area contributed by atoms with Crippen LogP contribution < -0.4 is 26.6 Å². The lowest BCUT2D eigenvalue weighted by Crippen LogP contribution is -2.69. The molecule has 5 aliphatic rings. The number of benzene rings is 2. The minimum absolute atomic E-state index is 0.0521. The molecule has 0 aromatic heterocycles. The number of rotatable bonds is 60. The van der Waals surface area contributed by atoms with Crippen LogP contribution in [0.4, 0.5) is 4.39 Å². The molecule has 7 N–H and O–H groups in total. The Balaban J connectivity index is 0.649. The first kappa shape index (κ1) is 92.5. The number of methoxy groups -OCH3 is 1. The molecule has 2 aromatic rings. The molecule has 3 saturated carbocycles. The summed E-state index contributed by atoms with van der Waals surface area (Å²) < 4.78 is 108. The largest absolute Gasteiger partial charge is 0.390 e. The zero-order chi connectivity index (χ0) is 79.8. The lowest BCUT2D eigenvalue weighted by atomic mass is 9.44. The molecule has 0 radical (unpaired) electrons. The van der Waals surface area contributed by atoms with Crippen LogP contribution in [-0.2, 0) is 122 Å². The van der Waals surface area contributed by atoms with Gasteiger partial charge in [-0.1, -0.05) is 83.0 Å². The van der Waals surface area contributed by atoms with Crippen molar-refractivity contribution in [3.05, 3.63) is 94.6 Å². The summed E-state index contributed by atoms with van der Waals surface area (Å²) in [5, 5.41) is 35.7. The summed E-state index contributed by atoms with van der Waals surface area (Å²) in [7, 11) is 1.63. The third-order valence-electron chi connectivity index (χ3n) is 20.7. The Morgan fingerprint density at radius 2 is 1.13 bits per heavy atom. The third kappa shape index (κ3) is 28.3. The Hall–Kier alpha value is -5.70. The number of ketones is 2. The summed E-state index contributed by atoms with van der Waals surface area (Å²) in [5.74, 6) is -4.25. The van der Waals surface area contributed by atoms with E-state index >= 15 is 4.39 Å². The molecule has 1 aliphatic heterocycles. The number of carbonyl (C=O) groups excluding carboxylic acids is 7. The molecule has 111 heavy (non-hydrogen) atoms. The first-order valence-electron chi connectivity index (χ1n) is 38.7. The van der Waals surface area contributed by atoms with E-state index in [0.29, 0.717) is 215 Å². The van der Waals surface area contributed by atoms with Gasteiger partial charge in [-0.3, -0.25) is 33.6 Å². The van der Waals surface area contributed by atoms with Gasteiger partial charge in [0, 0.05) is 42.4 Å². The van der Waals surface area contributed by atoms with E-state index in [2.05, 4.69) is 42.5 Å². The molecule has 4 fully saturated rings. The minimum atomic E-state index is -2.10. The van der Waals surface area contributed by atoms with Gasteiger partial charge in [-0.15, -0.1) is 0 Å². The number of aliphatic hydroxyl groups is 2. The van der Waals surface area contributed by atoms with Crippen LogP contribution in [0.2, 0.25) is 0 Å². The molecule has 624 valence electrons. The summed E-state index contributed by atoms with van der Waals surface area (Å²) in [5.41, 5.74) is -1.92. The van der Waals surface area contributed by atoms with Crippen LogP contribution in [0.25, 0.3) is 0 Å². The Labute approximate surface area is 659 Å². The summed E-state index contributed by atoms with van der Waals surface area (Å²) in [4.78, 5) is 90.8. The normalized spacial score (nSPS) is 23.8. The maximum atomic E-state index is 17.9. The second kappa shape index (κ2) is 49.9. The minimum Gasteiger partial charge on any atom is -0.390 e. The Kier molecular flexibility index (Phi) is 41.6. The van der Waals surface area contributed by atoms with Crippen molar-refractivity contribution in [1.29, 1.82) is 0 Å². The lowest BCUT2D eigenvalue weighted by molar-refractivity contribution is -0.231. The number of alkyl halides is 2. The van der Waals surface area contributed by atoms with E-state index < -0.39 is 107 Å². The molecule has 0 spiro atoms. The fraction of sp³-hybridized carbons (Fsp3) is 0.709. The van der Waals surface area contributed by atoms with E-state index in [9.17, 15) is 43.8 Å². The highest BCUT2D eigenvalue weighted by Crippen LogP contribution is 2.72. The van der Waals surface area contributed by atoms with E-state index in [1.54, 1.807) is 20.1 Å². The highest BCUT2D eigenvalue weighted by atomic mass is 79.9. The fourth-order valence-corrected chi connectivity index (χ4v) is 15.1. The van der Waals surface area contributed by atoms with Crippen molar-refractivity contribution < 1.29 is 124 Å². The first-order valence-corrected chi connectivity index (χ1v) is 39.8. The van der Waals surface area contributed by atoms with Gasteiger partial charge < -0.3 is 113 Å². The second-order valence-corrected chi connectivity index (χ2v) is 28.9. The van der Waals surface area contributed by atoms with E-state index in [1.165, 1.54) is 26.0 Å². The quantitative estimate of drug-likeness (QED) is 0.0280. The average Bonchev–Trinajstić information content (AvgIpc) is 1.54. The van der Waals surface area contributed by atoms with Crippen LogP contribution in [0.15, 0.2) is 72.3 Å². The standard InChI is InChI=1S/C79H119BrFN5O25/c1-56(72(93)83-55-109-54-60-10-8-9-59(48-60)47-58-12-14-61(15-13-58)75-110-69-50-65-64-17-16-62-49-63(88)18-20-76(62,3)78(64,81)67(89)51-77(65,4)79(69,111-75)68(90)53-87)84-73(94)57(2)85-74(95)66(86-71(92)52-80)11-6-7-21-82-70(91)19-22-97-25-26-99-29-30-101-33-34-103-37-38-105-41-42-107-45-46-108-44-43-106-40-39-104-36-35-102-32-31-100-28-27-98-24-23-96-5/h8-10,12-15,18,20,48-49,56-57,64-67,69,75,87,89H,6-7,11,16-17,19,21-47,50-55H2,1-5H3,(H,82,91)(H,83,93)(H,84,94)(H,85,95)(H,86,92)/t56-,57-,64-,65-,66-,67-,69+,75+,76-,77-,78-,79+/m0/s1. The van der Waals surface area contributed by atoms with Crippen molar-refractivity contribution in [3.8, 4) is 0 Å². The predicted molar refractivity (Wildman–Crippen MR) is 405 cm³/mol. The smallest absolute Gasteiger partial charge is 0.244 e. The maximum Gasteiger partial charge on any atom is 0.244 e. The van der Waals surface area contributed by atoms with Crippen LogP contribution in [0.3, 0.4) is 0 Å². The highest BCUT2D eigenvalue weighted by Gasteiger charge is 2.79. The summed E-state index contributed by atoms with van der Waals surface area (Å²) >= 11 is 3.11. The molecule has 0 bridgehead atoms. The van der Waals surface area contributed by atoms with Crippen LogP contribution in [0.1, 0.15) is 108 Å². The number of unbranched alkanes of at least 4 members (excludes halogenated alkanes) is 1. The molecule has 7 rings (SSSR count). The van der Waals surface area contributed by atoms with Gasteiger partial charge in [-0.2, -0.15) is 0 Å². The number of allylic oxidation sites excluding steroid dienone is 4. The molecule has 1 heterocycles. The maximum absolute atomic E-state index is 17.9. The number of aliphatic hydroxyl groups excluding tert-OH is 2. The molecule has 0 unspecified atom stereocenters. The lowest BCUT2D eigenvalue weighted by Gasteiger charge is -2.62. The van der Waals surface area contributed by atoms with E-state index in [4.69, 9.17) is 75.8 Å². The van der Waals surface area contributed by atoms with Crippen LogP contribution in [-0.4, -0.2) is 290 Å². The van der Waals surface area contributed by atoms with Gasteiger partial charge in [0.2, 0.25) is 29.5 Å². The van der Waals surface area contributed by atoms with Crippen LogP contribution in [0.5, 0.6) is 0 Å². The number of hydrogen-bond acceptors (Lipinski definition) is 25. The molecule has 12 atom stereocenters. The van der Waals surface area contributed by atoms with Crippen LogP contribution >= 0.6 is 15.9 Å². The number of Topliss-reactive ketones (excluding diaryl/α,β-unsaturated/α-hetero) is 1. The number of fused-ring (bicyclic) bond motifs is 7. The number of ether oxygens (including phenoxy) is 16. The number of halogens is 2. The molecule has 1 saturated heterocycles. The second-order valence-electron chi connectivity index (χ2n) is 28.3. The van der Waals surface area contributed by atoms with Crippen LogP contribution in [0, 0.1) is 22.7 Å². The SMILES string of the molecule is COCCOCCOCCOCCOCCOCCOCCOCCOCCOCCOCCOCCOCCC(=O)NCCCC[C@H](NC(=O)CBr)C(=O)N[C@@H](C)C(=O)N[C@@H](C)C(=O)NCOCc1cccc(Cc2ccc([C@@H]3O[C@@H]4C[C@H]5[C@@H]6CCC7=CC(=O)C=C[C@]7(C)[C@@]6(F)[C@@H](O)C[C@]5(C)[C@]4(C(=O)CO)O3)cc2)c1. The molecular weight excluding hydrogens is 1520 g/mol. The van der Waals surface area contributed by atoms with Crippen molar-refractivity contribution in [2.45, 2.75) is 140 Å². The number of nitrogens with one attached hydrogen (secondary N) is 5. The fourth-order valence-electron chi connectivity index (χ4n) is 14.9. The van der Waals surface area contributed by atoms with E-state index in [1.807, 2.05) is 55.5 Å². The monoisotopic (exact) mass is 1640 g/mol. The molecular formula is C79H119BrFN5O25. The van der Waals surface area contributed by atoms with Crippen molar-refractivity contribution >= 4 is 57.0 Å². The summed E-state index contributed by atoms with van der Waals surface area (Å²) in [6.07, 6.45) is 4.11.